The third kappa shape index (κ3) is 1.12. The molecule has 0 saturated heterocycles. The van der Waals surface area contributed by atoms with Gasteiger partial charge >= 0.3 is 5.97 Å². The number of nitrogens with two attached hydrogens (primary N) is 1. The molecule has 1 aromatic carbocycles. The normalized spacial score (nSPS) is 10.5. The van der Waals surface area contributed by atoms with Gasteiger partial charge in [0.2, 0.25) is 0 Å². The van der Waals surface area contributed by atoms with E-state index in [0.29, 0.717) is 16.7 Å². The van der Waals surface area contributed by atoms with Crippen molar-refractivity contribution in [2.24, 2.45) is 0 Å². The highest BCUT2D eigenvalue weighted by atomic mass is 16.4. The molecule has 1 aromatic heterocycles. The van der Waals surface area contributed by atoms with Crippen molar-refractivity contribution in [2.75, 3.05) is 5.73 Å². The molecule has 4 heteroatoms. The average molecular weight is 177 g/mol. The second-order valence-electron chi connectivity index (χ2n) is 2.71. The van der Waals surface area contributed by atoms with E-state index in [1.807, 2.05) is 0 Å². The summed E-state index contributed by atoms with van der Waals surface area (Å²) in [6.07, 6.45) is 1.44. The number of carboxylic acids is 1. The number of benzene rings is 1. The summed E-state index contributed by atoms with van der Waals surface area (Å²) in [5.41, 5.74) is 6.40. The van der Waals surface area contributed by atoms with Crippen molar-refractivity contribution < 1.29 is 14.3 Å². The summed E-state index contributed by atoms with van der Waals surface area (Å²) in [5.74, 6) is -1.03. The number of aromatic carboxylic acids is 1. The smallest absolute Gasteiger partial charge is 0.339 e. The van der Waals surface area contributed by atoms with Gasteiger partial charge in [-0.25, -0.2) is 4.79 Å². The Hall–Kier alpha value is -1.97. The molecule has 2 aromatic rings. The summed E-state index contributed by atoms with van der Waals surface area (Å²) < 4.78 is 5.03. The predicted molar refractivity (Wildman–Crippen MR) is 47.6 cm³/mol. The first-order valence-corrected chi connectivity index (χ1v) is 3.68. The fourth-order valence-electron chi connectivity index (χ4n) is 1.26. The van der Waals surface area contributed by atoms with Crippen LogP contribution in [0.15, 0.2) is 28.9 Å². The van der Waals surface area contributed by atoms with Crippen LogP contribution in [0.25, 0.3) is 11.0 Å². The highest BCUT2D eigenvalue weighted by Gasteiger charge is 2.11. The first-order chi connectivity index (χ1) is 6.18. The van der Waals surface area contributed by atoms with Crippen molar-refractivity contribution in [2.45, 2.75) is 0 Å². The maximum atomic E-state index is 10.7. The van der Waals surface area contributed by atoms with Crippen molar-refractivity contribution in [3.05, 3.63) is 30.0 Å². The Morgan fingerprint density at radius 3 is 2.92 bits per heavy atom. The van der Waals surface area contributed by atoms with Gasteiger partial charge in [-0.05, 0) is 18.2 Å². The molecule has 2 rings (SSSR count). The van der Waals surface area contributed by atoms with Gasteiger partial charge in [-0.3, -0.25) is 0 Å². The van der Waals surface area contributed by atoms with Crippen LogP contribution in [0.5, 0.6) is 0 Å². The highest BCUT2D eigenvalue weighted by molar-refractivity contribution is 6.02. The molecule has 4 nitrogen and oxygen atoms in total. The van der Waals surface area contributed by atoms with E-state index in [0.717, 1.165) is 0 Å². The monoisotopic (exact) mass is 177 g/mol. The van der Waals surface area contributed by atoms with Crippen LogP contribution in [-0.4, -0.2) is 11.1 Å². The van der Waals surface area contributed by atoms with Gasteiger partial charge in [0.25, 0.3) is 0 Å². The molecule has 13 heavy (non-hydrogen) atoms. The van der Waals surface area contributed by atoms with E-state index in [1.54, 1.807) is 12.1 Å². The van der Waals surface area contributed by atoms with Gasteiger partial charge in [0.15, 0.2) is 0 Å². The molecule has 0 spiro atoms. The maximum Gasteiger partial charge on any atom is 0.339 e. The predicted octanol–water partition coefficient (Wildman–Crippen LogP) is 1.71. The molecule has 0 amide bonds. The Bertz CT molecular complexity index is 473. The lowest BCUT2D eigenvalue weighted by atomic mass is 10.1. The van der Waals surface area contributed by atoms with Crippen molar-refractivity contribution in [3.63, 3.8) is 0 Å². The number of furan rings is 1. The summed E-state index contributed by atoms with van der Waals surface area (Å²) in [5, 5.41) is 9.52. The number of carbonyl (C=O) groups is 1. The minimum atomic E-state index is -1.03. The van der Waals surface area contributed by atoms with Gasteiger partial charge in [-0.2, -0.15) is 0 Å². The summed E-state index contributed by atoms with van der Waals surface area (Å²) >= 11 is 0. The summed E-state index contributed by atoms with van der Waals surface area (Å²) in [6.45, 7) is 0. The first-order valence-electron chi connectivity index (χ1n) is 3.68. The molecule has 0 aliphatic heterocycles. The van der Waals surface area contributed by atoms with E-state index in [1.165, 1.54) is 12.3 Å². The van der Waals surface area contributed by atoms with Gasteiger partial charge in [0.05, 0.1) is 6.26 Å². The van der Waals surface area contributed by atoms with E-state index < -0.39 is 5.97 Å². The maximum absolute atomic E-state index is 10.7. The molecule has 0 aliphatic carbocycles. The van der Waals surface area contributed by atoms with E-state index >= 15 is 0 Å². The molecule has 0 atom stereocenters. The minimum Gasteiger partial charge on any atom is -0.478 e. The standard InChI is InChI=1S/C9H7NO3/c10-6-3-5-1-2-13-8(5)7(4-6)9(11)12/h1-4H,10H2,(H,11,12). The van der Waals surface area contributed by atoms with Gasteiger partial charge in [0.1, 0.15) is 11.1 Å². The quantitative estimate of drug-likeness (QED) is 0.650. The molecule has 0 radical (unpaired) electrons. The lowest BCUT2D eigenvalue weighted by molar-refractivity contribution is 0.0698. The van der Waals surface area contributed by atoms with Crippen molar-refractivity contribution >= 4 is 22.6 Å². The molecule has 66 valence electrons. The fourth-order valence-corrected chi connectivity index (χ4v) is 1.26. The Labute approximate surface area is 73.6 Å². The topological polar surface area (TPSA) is 76.5 Å². The molecule has 1 heterocycles. The lowest BCUT2D eigenvalue weighted by Gasteiger charge is -1.97. The SMILES string of the molecule is Nc1cc(C(=O)O)c2occc2c1. The molecule has 0 aliphatic rings. The van der Waals surface area contributed by atoms with Crippen LogP contribution in [-0.2, 0) is 0 Å². The number of rotatable bonds is 1. The van der Waals surface area contributed by atoms with Crippen molar-refractivity contribution in [1.82, 2.24) is 0 Å². The van der Waals surface area contributed by atoms with Gasteiger partial charge in [-0.15, -0.1) is 0 Å². The van der Waals surface area contributed by atoms with Crippen LogP contribution in [0, 0.1) is 0 Å². The van der Waals surface area contributed by atoms with Gasteiger partial charge in [0, 0.05) is 11.1 Å². The average Bonchev–Trinajstić information content (AvgIpc) is 2.49. The number of carboxylic acid groups (broad SMARTS) is 1. The molecule has 0 bridgehead atoms. The van der Waals surface area contributed by atoms with Crippen LogP contribution in [0.3, 0.4) is 0 Å². The second kappa shape index (κ2) is 2.52. The zero-order valence-corrected chi connectivity index (χ0v) is 6.65. The molecule has 0 unspecified atom stereocenters. The molecule has 0 saturated carbocycles. The molecular weight excluding hydrogens is 170 g/mol. The Morgan fingerprint density at radius 2 is 2.23 bits per heavy atom. The third-order valence-corrected chi connectivity index (χ3v) is 1.80. The number of anilines is 1. The number of fused-ring (bicyclic) bond motifs is 1. The van der Waals surface area contributed by atoms with Gasteiger partial charge < -0.3 is 15.3 Å². The molecular formula is C9H7NO3. The van der Waals surface area contributed by atoms with Crippen LogP contribution in [0.2, 0.25) is 0 Å². The van der Waals surface area contributed by atoms with Crippen molar-refractivity contribution in [1.29, 1.82) is 0 Å². The lowest BCUT2D eigenvalue weighted by Crippen LogP contribution is -1.98. The third-order valence-electron chi connectivity index (χ3n) is 1.80. The zero-order chi connectivity index (χ0) is 9.42. The van der Waals surface area contributed by atoms with Crippen LogP contribution < -0.4 is 5.73 Å². The molecule has 3 N–H and O–H groups in total. The number of hydrogen-bond donors (Lipinski definition) is 2. The van der Waals surface area contributed by atoms with Crippen LogP contribution >= 0.6 is 0 Å². The van der Waals surface area contributed by atoms with Gasteiger partial charge in [-0.1, -0.05) is 0 Å². The summed E-state index contributed by atoms with van der Waals surface area (Å²) in [7, 11) is 0. The Kier molecular flexibility index (Phi) is 1.48. The van der Waals surface area contributed by atoms with Crippen LogP contribution in [0.1, 0.15) is 10.4 Å². The fraction of sp³-hybridized carbons (Fsp3) is 0. The molecule has 0 fully saturated rings. The summed E-state index contributed by atoms with van der Waals surface area (Å²) in [6, 6.07) is 4.73. The second-order valence-corrected chi connectivity index (χ2v) is 2.71. The van der Waals surface area contributed by atoms with E-state index in [2.05, 4.69) is 0 Å². The largest absolute Gasteiger partial charge is 0.478 e. The number of nitrogen functional groups attached to an aromatic ring is 1. The van der Waals surface area contributed by atoms with Crippen LogP contribution in [0.4, 0.5) is 5.69 Å². The Morgan fingerprint density at radius 1 is 1.46 bits per heavy atom. The highest BCUT2D eigenvalue weighted by Crippen LogP contribution is 2.23. The zero-order valence-electron chi connectivity index (χ0n) is 6.65. The summed E-state index contributed by atoms with van der Waals surface area (Å²) in [4.78, 5) is 10.7. The van der Waals surface area contributed by atoms with E-state index in [9.17, 15) is 4.79 Å². The van der Waals surface area contributed by atoms with E-state index in [-0.39, 0.29) is 5.56 Å². The van der Waals surface area contributed by atoms with E-state index in [4.69, 9.17) is 15.3 Å². The van der Waals surface area contributed by atoms with Crippen molar-refractivity contribution in [3.8, 4) is 0 Å². The Balaban J connectivity index is 2.84. The first kappa shape index (κ1) is 7.67. The minimum absolute atomic E-state index is 0.0972. The number of hydrogen-bond acceptors (Lipinski definition) is 3.